The summed E-state index contributed by atoms with van der Waals surface area (Å²) in [5.74, 6) is 0.0632. The van der Waals surface area contributed by atoms with Crippen LogP contribution in [-0.2, 0) is 0 Å². The van der Waals surface area contributed by atoms with Crippen LogP contribution in [0.1, 0.15) is 16.4 Å². The zero-order chi connectivity index (χ0) is 15.1. The molecule has 0 spiro atoms. The molecule has 4 rings (SSSR count). The molecule has 5 nitrogen and oxygen atoms in total. The van der Waals surface area contributed by atoms with E-state index in [2.05, 4.69) is 26.0 Å². The topological polar surface area (TPSA) is 51.0 Å². The molecule has 6 heteroatoms. The Hall–Kier alpha value is -2.21. The van der Waals surface area contributed by atoms with Gasteiger partial charge < -0.3 is 4.90 Å². The van der Waals surface area contributed by atoms with Crippen LogP contribution in [0.5, 0.6) is 0 Å². The molecule has 1 aliphatic rings. The summed E-state index contributed by atoms with van der Waals surface area (Å²) in [5, 5.41) is 5.26. The molecule has 0 unspecified atom stereocenters. The monoisotopic (exact) mass is 356 g/mol. The third-order valence-electron chi connectivity index (χ3n) is 3.94. The van der Waals surface area contributed by atoms with Crippen molar-refractivity contribution in [2.75, 3.05) is 13.1 Å². The number of rotatable bonds is 2. The predicted molar refractivity (Wildman–Crippen MR) is 86.6 cm³/mol. The summed E-state index contributed by atoms with van der Waals surface area (Å²) in [6.07, 6.45) is 5.46. The van der Waals surface area contributed by atoms with E-state index in [0.29, 0.717) is 18.7 Å². The zero-order valence-corrected chi connectivity index (χ0v) is 13.3. The van der Waals surface area contributed by atoms with Gasteiger partial charge in [-0.2, -0.15) is 5.10 Å². The van der Waals surface area contributed by atoms with Gasteiger partial charge in [0.2, 0.25) is 0 Å². The summed E-state index contributed by atoms with van der Waals surface area (Å²) in [4.78, 5) is 18.6. The average molecular weight is 357 g/mol. The first kappa shape index (κ1) is 13.5. The van der Waals surface area contributed by atoms with E-state index in [4.69, 9.17) is 0 Å². The fraction of sp³-hybridized carbons (Fsp3) is 0.188. The van der Waals surface area contributed by atoms with Gasteiger partial charge >= 0.3 is 0 Å². The highest BCUT2D eigenvalue weighted by molar-refractivity contribution is 9.10. The number of hydrogen-bond acceptors (Lipinski definition) is 3. The van der Waals surface area contributed by atoms with E-state index in [9.17, 15) is 4.79 Å². The molecule has 0 atom stereocenters. The molecule has 0 radical (unpaired) electrons. The molecule has 1 aliphatic heterocycles. The molecule has 0 aliphatic carbocycles. The van der Waals surface area contributed by atoms with E-state index < -0.39 is 0 Å². The molecule has 3 aromatic rings. The van der Waals surface area contributed by atoms with Gasteiger partial charge in [-0.3, -0.25) is 14.5 Å². The molecule has 22 heavy (non-hydrogen) atoms. The number of amides is 1. The smallest absolute Gasteiger partial charge is 0.254 e. The van der Waals surface area contributed by atoms with Gasteiger partial charge in [-0.05, 0) is 40.2 Å². The minimum atomic E-state index is 0.0632. The van der Waals surface area contributed by atoms with Crippen LogP contribution in [0.4, 0.5) is 0 Å². The fourth-order valence-electron chi connectivity index (χ4n) is 2.69. The molecule has 3 heterocycles. The number of hydrogen-bond donors (Lipinski definition) is 0. The van der Waals surface area contributed by atoms with Crippen molar-refractivity contribution in [2.24, 2.45) is 0 Å². The summed E-state index contributed by atoms with van der Waals surface area (Å²) in [6.45, 7) is 1.38. The number of halogens is 1. The minimum absolute atomic E-state index is 0.0632. The molecule has 0 N–H and O–H groups in total. The maximum Gasteiger partial charge on any atom is 0.254 e. The molecule has 1 fully saturated rings. The largest absolute Gasteiger partial charge is 0.334 e. The molecular formula is C16H13BrN4O. The lowest BCUT2D eigenvalue weighted by molar-refractivity contribution is 0.0501. The molecule has 0 bridgehead atoms. The number of benzene rings is 1. The lowest BCUT2D eigenvalue weighted by Gasteiger charge is -2.39. The number of carbonyl (C=O) groups excluding carboxylic acids is 1. The van der Waals surface area contributed by atoms with E-state index in [1.807, 2.05) is 46.1 Å². The van der Waals surface area contributed by atoms with Crippen LogP contribution in [0.15, 0.2) is 53.4 Å². The van der Waals surface area contributed by atoms with E-state index in [-0.39, 0.29) is 11.9 Å². The van der Waals surface area contributed by atoms with Gasteiger partial charge in [-0.15, -0.1) is 0 Å². The van der Waals surface area contributed by atoms with Gasteiger partial charge in [0.05, 0.1) is 22.2 Å². The Kier molecular flexibility index (Phi) is 3.18. The van der Waals surface area contributed by atoms with Crippen molar-refractivity contribution in [2.45, 2.75) is 6.04 Å². The van der Waals surface area contributed by atoms with E-state index in [1.165, 1.54) is 0 Å². The van der Waals surface area contributed by atoms with Crippen molar-refractivity contribution < 1.29 is 4.79 Å². The standard InChI is InChI=1S/C16H13BrN4O/c17-13-7-19-21(8-13)14-9-20(10-14)16(22)12-3-4-15-11(6-12)2-1-5-18-15/h1-8,14H,9-10H2. The second-order valence-electron chi connectivity index (χ2n) is 5.41. The summed E-state index contributed by atoms with van der Waals surface area (Å²) in [6, 6.07) is 9.76. The highest BCUT2D eigenvalue weighted by Crippen LogP contribution is 2.25. The molecule has 110 valence electrons. The molecule has 1 amide bonds. The Labute approximate surface area is 135 Å². The van der Waals surface area contributed by atoms with Gasteiger partial charge in [0.25, 0.3) is 5.91 Å². The third-order valence-corrected chi connectivity index (χ3v) is 4.35. The van der Waals surface area contributed by atoms with Gasteiger partial charge in [0.15, 0.2) is 0 Å². The van der Waals surface area contributed by atoms with Crippen molar-refractivity contribution in [1.29, 1.82) is 0 Å². The van der Waals surface area contributed by atoms with E-state index in [1.54, 1.807) is 12.4 Å². The van der Waals surface area contributed by atoms with Crippen molar-refractivity contribution in [3.8, 4) is 0 Å². The van der Waals surface area contributed by atoms with E-state index in [0.717, 1.165) is 15.4 Å². The fourth-order valence-corrected chi connectivity index (χ4v) is 3.00. The second kappa shape index (κ2) is 5.21. The molecular weight excluding hydrogens is 344 g/mol. The summed E-state index contributed by atoms with van der Waals surface area (Å²) >= 11 is 3.39. The number of fused-ring (bicyclic) bond motifs is 1. The summed E-state index contributed by atoms with van der Waals surface area (Å²) in [7, 11) is 0. The lowest BCUT2D eigenvalue weighted by Crippen LogP contribution is -2.50. The first-order valence-electron chi connectivity index (χ1n) is 7.04. The maximum absolute atomic E-state index is 12.5. The first-order valence-corrected chi connectivity index (χ1v) is 7.84. The summed E-state index contributed by atoms with van der Waals surface area (Å²) in [5.41, 5.74) is 1.61. The predicted octanol–water partition coefficient (Wildman–Crippen LogP) is 2.89. The number of nitrogens with zero attached hydrogens (tertiary/aromatic N) is 4. The highest BCUT2D eigenvalue weighted by atomic mass is 79.9. The Balaban J connectivity index is 1.50. The molecule has 0 saturated carbocycles. The normalized spacial score (nSPS) is 15.0. The van der Waals surface area contributed by atoms with Gasteiger partial charge in [0, 0.05) is 36.4 Å². The zero-order valence-electron chi connectivity index (χ0n) is 11.7. The average Bonchev–Trinajstić information content (AvgIpc) is 2.91. The second-order valence-corrected chi connectivity index (χ2v) is 6.33. The molecule has 2 aromatic heterocycles. The third kappa shape index (κ3) is 2.29. The highest BCUT2D eigenvalue weighted by Gasteiger charge is 2.32. The van der Waals surface area contributed by atoms with Gasteiger partial charge in [-0.1, -0.05) is 6.07 Å². The summed E-state index contributed by atoms with van der Waals surface area (Å²) < 4.78 is 2.86. The number of likely N-dealkylation sites (tertiary alicyclic amines) is 1. The Morgan fingerprint density at radius 3 is 2.91 bits per heavy atom. The quantitative estimate of drug-likeness (QED) is 0.709. The van der Waals surface area contributed by atoms with E-state index >= 15 is 0 Å². The first-order chi connectivity index (χ1) is 10.7. The molecule has 1 saturated heterocycles. The Morgan fingerprint density at radius 2 is 2.14 bits per heavy atom. The van der Waals surface area contributed by atoms with Gasteiger partial charge in [-0.25, -0.2) is 0 Å². The number of pyridine rings is 1. The van der Waals surface area contributed by atoms with Crippen LogP contribution in [0, 0.1) is 0 Å². The van der Waals surface area contributed by atoms with Crippen molar-refractivity contribution in [3.63, 3.8) is 0 Å². The number of carbonyl (C=O) groups is 1. The van der Waals surface area contributed by atoms with Crippen molar-refractivity contribution in [1.82, 2.24) is 19.7 Å². The van der Waals surface area contributed by atoms with Crippen molar-refractivity contribution >= 4 is 32.7 Å². The van der Waals surface area contributed by atoms with Crippen LogP contribution in [0.25, 0.3) is 10.9 Å². The van der Waals surface area contributed by atoms with Crippen LogP contribution < -0.4 is 0 Å². The lowest BCUT2D eigenvalue weighted by atomic mass is 10.1. The molecule has 1 aromatic carbocycles. The van der Waals surface area contributed by atoms with Crippen LogP contribution in [0.2, 0.25) is 0 Å². The van der Waals surface area contributed by atoms with Gasteiger partial charge in [0.1, 0.15) is 0 Å². The Morgan fingerprint density at radius 1 is 1.27 bits per heavy atom. The minimum Gasteiger partial charge on any atom is -0.334 e. The van der Waals surface area contributed by atoms with Crippen LogP contribution in [0.3, 0.4) is 0 Å². The van der Waals surface area contributed by atoms with Crippen molar-refractivity contribution in [3.05, 3.63) is 59.0 Å². The van der Waals surface area contributed by atoms with Crippen LogP contribution in [-0.4, -0.2) is 38.7 Å². The number of aromatic nitrogens is 3. The Bertz CT molecular complexity index is 854. The SMILES string of the molecule is O=C(c1ccc2ncccc2c1)N1CC(n2cc(Br)cn2)C1. The maximum atomic E-state index is 12.5. The van der Waals surface area contributed by atoms with Crippen LogP contribution >= 0.6 is 15.9 Å².